The molecule has 0 bridgehead atoms. The predicted molar refractivity (Wildman–Crippen MR) is 110 cm³/mol. The number of hydrogen-bond acceptors (Lipinski definition) is 4. The zero-order valence-electron chi connectivity index (χ0n) is 16.2. The summed E-state index contributed by atoms with van der Waals surface area (Å²) in [5.41, 5.74) is 2.26. The summed E-state index contributed by atoms with van der Waals surface area (Å²) in [5, 5.41) is 12.0. The van der Waals surface area contributed by atoms with E-state index in [1.807, 2.05) is 25.1 Å². The van der Waals surface area contributed by atoms with Crippen LogP contribution in [0, 0.1) is 0 Å². The van der Waals surface area contributed by atoms with Crippen molar-refractivity contribution in [2.24, 2.45) is 7.05 Å². The number of hydrogen-bond donors (Lipinski definition) is 1. The SMILES string of the molecule is CCn1nc(NC(=O)c2c(C(=O)N3CCC3)cnn2C)cc1-c1cccc(Cl)c1. The maximum atomic E-state index is 12.9. The minimum Gasteiger partial charge on any atom is -0.338 e. The first-order chi connectivity index (χ1) is 14.0. The third-order valence-electron chi connectivity index (χ3n) is 4.97. The van der Waals surface area contributed by atoms with Gasteiger partial charge in [0.2, 0.25) is 0 Å². The number of benzene rings is 1. The Balaban J connectivity index is 1.61. The molecule has 150 valence electrons. The Hall–Kier alpha value is -3.13. The number of aromatic nitrogens is 4. The molecule has 0 aliphatic carbocycles. The second kappa shape index (κ2) is 7.71. The number of aryl methyl sites for hydroxylation is 2. The lowest BCUT2D eigenvalue weighted by Gasteiger charge is -2.30. The fraction of sp³-hybridized carbons (Fsp3) is 0.300. The van der Waals surface area contributed by atoms with Crippen LogP contribution in [-0.4, -0.2) is 49.4 Å². The van der Waals surface area contributed by atoms with Gasteiger partial charge in [-0.3, -0.25) is 19.0 Å². The van der Waals surface area contributed by atoms with E-state index in [9.17, 15) is 9.59 Å². The maximum Gasteiger partial charge on any atom is 0.275 e. The molecule has 0 radical (unpaired) electrons. The normalized spacial score (nSPS) is 13.3. The molecule has 1 aliphatic heterocycles. The second-order valence-electron chi connectivity index (χ2n) is 6.87. The lowest BCUT2D eigenvalue weighted by molar-refractivity contribution is 0.0648. The summed E-state index contributed by atoms with van der Waals surface area (Å²) in [4.78, 5) is 27.2. The Morgan fingerprint density at radius 1 is 1.24 bits per heavy atom. The molecular weight excluding hydrogens is 392 g/mol. The minimum absolute atomic E-state index is 0.173. The van der Waals surface area contributed by atoms with Crippen LogP contribution in [0.2, 0.25) is 5.02 Å². The quantitative estimate of drug-likeness (QED) is 0.697. The van der Waals surface area contributed by atoms with Gasteiger partial charge >= 0.3 is 0 Å². The zero-order chi connectivity index (χ0) is 20.5. The summed E-state index contributed by atoms with van der Waals surface area (Å²) in [6.07, 6.45) is 2.42. The first kappa shape index (κ1) is 19.2. The average Bonchev–Trinajstić information content (AvgIpc) is 3.23. The van der Waals surface area contributed by atoms with Gasteiger partial charge in [0.15, 0.2) is 5.82 Å². The van der Waals surface area contributed by atoms with E-state index in [1.165, 1.54) is 10.9 Å². The molecule has 1 saturated heterocycles. The smallest absolute Gasteiger partial charge is 0.275 e. The number of nitrogens with zero attached hydrogens (tertiary/aromatic N) is 5. The number of carbonyl (C=O) groups is 2. The molecule has 0 saturated carbocycles. The number of rotatable bonds is 5. The highest BCUT2D eigenvalue weighted by atomic mass is 35.5. The predicted octanol–water partition coefficient (Wildman–Crippen LogP) is 3.06. The molecule has 1 fully saturated rings. The summed E-state index contributed by atoms with van der Waals surface area (Å²) in [5.74, 6) is -0.198. The molecule has 3 heterocycles. The minimum atomic E-state index is -0.424. The Labute approximate surface area is 173 Å². The van der Waals surface area contributed by atoms with Gasteiger partial charge in [0.25, 0.3) is 11.8 Å². The second-order valence-corrected chi connectivity index (χ2v) is 7.31. The molecule has 0 unspecified atom stereocenters. The van der Waals surface area contributed by atoms with E-state index in [0.29, 0.717) is 36.0 Å². The molecule has 2 aromatic heterocycles. The number of anilines is 1. The van der Waals surface area contributed by atoms with Crippen LogP contribution in [0.3, 0.4) is 0 Å². The monoisotopic (exact) mass is 412 g/mol. The number of nitrogens with one attached hydrogen (secondary N) is 1. The molecule has 1 N–H and O–H groups in total. The van der Waals surface area contributed by atoms with Gasteiger partial charge in [-0.2, -0.15) is 10.2 Å². The first-order valence-corrected chi connectivity index (χ1v) is 9.82. The Morgan fingerprint density at radius 2 is 2.03 bits per heavy atom. The molecule has 1 aromatic carbocycles. The van der Waals surface area contributed by atoms with Crippen molar-refractivity contribution in [1.29, 1.82) is 0 Å². The van der Waals surface area contributed by atoms with Gasteiger partial charge in [-0.05, 0) is 25.5 Å². The highest BCUT2D eigenvalue weighted by Crippen LogP contribution is 2.26. The average molecular weight is 413 g/mol. The molecule has 8 nitrogen and oxygen atoms in total. The molecule has 2 amide bonds. The number of amides is 2. The molecule has 0 spiro atoms. The van der Waals surface area contributed by atoms with Crippen LogP contribution in [0.4, 0.5) is 5.82 Å². The molecule has 29 heavy (non-hydrogen) atoms. The van der Waals surface area contributed by atoms with Crippen LogP contribution >= 0.6 is 11.6 Å². The molecule has 1 aliphatic rings. The Bertz CT molecular complexity index is 1080. The van der Waals surface area contributed by atoms with E-state index in [0.717, 1.165) is 17.7 Å². The largest absolute Gasteiger partial charge is 0.338 e. The fourth-order valence-corrected chi connectivity index (χ4v) is 3.52. The van der Waals surface area contributed by atoms with Crippen LogP contribution in [-0.2, 0) is 13.6 Å². The molecule has 4 rings (SSSR count). The van der Waals surface area contributed by atoms with Gasteiger partial charge in [-0.25, -0.2) is 0 Å². The van der Waals surface area contributed by atoms with Crippen LogP contribution < -0.4 is 5.32 Å². The lowest BCUT2D eigenvalue weighted by Crippen LogP contribution is -2.42. The molecule has 3 aromatic rings. The first-order valence-electron chi connectivity index (χ1n) is 9.44. The third-order valence-corrected chi connectivity index (χ3v) is 5.20. The van der Waals surface area contributed by atoms with Crippen LogP contribution in [0.5, 0.6) is 0 Å². The zero-order valence-corrected chi connectivity index (χ0v) is 17.0. The third kappa shape index (κ3) is 3.63. The number of carbonyl (C=O) groups excluding carboxylic acids is 2. The summed E-state index contributed by atoms with van der Waals surface area (Å²) >= 11 is 6.11. The van der Waals surface area contributed by atoms with Crippen molar-refractivity contribution in [2.45, 2.75) is 19.9 Å². The van der Waals surface area contributed by atoms with E-state index in [-0.39, 0.29) is 11.6 Å². The van der Waals surface area contributed by atoms with Gasteiger partial charge in [0, 0.05) is 43.3 Å². The van der Waals surface area contributed by atoms with Gasteiger partial charge in [0.1, 0.15) is 5.69 Å². The standard InChI is InChI=1S/C20H21ClN6O2/c1-3-27-16(13-6-4-7-14(21)10-13)11-17(24-27)23-19(28)18-15(12-22-25(18)2)20(29)26-8-5-9-26/h4,6-7,10-12H,3,5,8-9H2,1-2H3,(H,23,24,28). The van der Waals surface area contributed by atoms with Crippen molar-refractivity contribution in [3.63, 3.8) is 0 Å². The van der Waals surface area contributed by atoms with E-state index in [1.54, 1.807) is 28.8 Å². The van der Waals surface area contributed by atoms with E-state index < -0.39 is 5.91 Å². The van der Waals surface area contributed by atoms with Crippen molar-refractivity contribution in [3.8, 4) is 11.3 Å². The maximum absolute atomic E-state index is 12.9. The highest BCUT2D eigenvalue weighted by molar-refractivity contribution is 6.30. The Kier molecular flexibility index (Phi) is 5.10. The van der Waals surface area contributed by atoms with Crippen LogP contribution in [0.15, 0.2) is 36.5 Å². The molecule has 0 atom stereocenters. The van der Waals surface area contributed by atoms with Crippen molar-refractivity contribution in [3.05, 3.63) is 52.8 Å². The van der Waals surface area contributed by atoms with Gasteiger partial charge in [-0.15, -0.1) is 0 Å². The highest BCUT2D eigenvalue weighted by Gasteiger charge is 2.29. The van der Waals surface area contributed by atoms with E-state index in [4.69, 9.17) is 11.6 Å². The van der Waals surface area contributed by atoms with E-state index in [2.05, 4.69) is 15.5 Å². The number of halogens is 1. The summed E-state index contributed by atoms with van der Waals surface area (Å²) < 4.78 is 3.20. The topological polar surface area (TPSA) is 85.1 Å². The van der Waals surface area contributed by atoms with Crippen LogP contribution in [0.25, 0.3) is 11.3 Å². The van der Waals surface area contributed by atoms with Crippen molar-refractivity contribution >= 4 is 29.2 Å². The summed E-state index contributed by atoms with van der Waals surface area (Å²) in [7, 11) is 1.64. The summed E-state index contributed by atoms with van der Waals surface area (Å²) in [6.45, 7) is 4.01. The van der Waals surface area contributed by atoms with Crippen molar-refractivity contribution in [2.75, 3.05) is 18.4 Å². The lowest BCUT2D eigenvalue weighted by atomic mass is 10.1. The van der Waals surface area contributed by atoms with Gasteiger partial charge < -0.3 is 10.2 Å². The molecular formula is C20H21ClN6O2. The van der Waals surface area contributed by atoms with Crippen molar-refractivity contribution in [1.82, 2.24) is 24.5 Å². The van der Waals surface area contributed by atoms with E-state index >= 15 is 0 Å². The Morgan fingerprint density at radius 3 is 2.69 bits per heavy atom. The molecule has 9 heteroatoms. The number of likely N-dealkylation sites (tertiary alicyclic amines) is 1. The van der Waals surface area contributed by atoms with Crippen LogP contribution in [0.1, 0.15) is 34.2 Å². The van der Waals surface area contributed by atoms with Gasteiger partial charge in [-0.1, -0.05) is 23.7 Å². The van der Waals surface area contributed by atoms with Gasteiger partial charge in [0.05, 0.1) is 17.5 Å². The van der Waals surface area contributed by atoms with Crippen molar-refractivity contribution < 1.29 is 9.59 Å². The summed E-state index contributed by atoms with van der Waals surface area (Å²) in [6, 6.07) is 9.25. The fourth-order valence-electron chi connectivity index (χ4n) is 3.33.